The summed E-state index contributed by atoms with van der Waals surface area (Å²) in [7, 11) is 0. The summed E-state index contributed by atoms with van der Waals surface area (Å²) in [6, 6.07) is 4.06. The first-order valence-electron chi connectivity index (χ1n) is 6.75. The van der Waals surface area contributed by atoms with Crippen LogP contribution in [0.25, 0.3) is 21.9 Å². The van der Waals surface area contributed by atoms with Crippen molar-refractivity contribution in [1.82, 2.24) is 0 Å². The average Bonchev–Trinajstić information content (AvgIpc) is 2.74. The van der Waals surface area contributed by atoms with E-state index in [-0.39, 0.29) is 5.41 Å². The van der Waals surface area contributed by atoms with E-state index >= 15 is 0 Å². The molecule has 0 bridgehead atoms. The predicted molar refractivity (Wildman–Crippen MR) is 85.0 cm³/mol. The van der Waals surface area contributed by atoms with Crippen LogP contribution in [0.4, 0.5) is 0 Å². The quantitative estimate of drug-likeness (QED) is 0.487. The predicted octanol–water partition coefficient (Wildman–Crippen LogP) is 5.82. The lowest BCUT2D eigenvalue weighted by Crippen LogP contribution is -2.09. The summed E-state index contributed by atoms with van der Waals surface area (Å²) in [6.45, 7) is 10.7. The first-order chi connectivity index (χ1) is 9.29. The summed E-state index contributed by atoms with van der Waals surface area (Å²) in [5.74, 6) is 0. The first kappa shape index (κ1) is 13.4. The van der Waals surface area contributed by atoms with Crippen molar-refractivity contribution in [3.05, 3.63) is 39.8 Å². The second-order valence-corrected chi connectivity index (χ2v) is 6.81. The van der Waals surface area contributed by atoms with Crippen LogP contribution in [-0.2, 0) is 5.41 Å². The minimum absolute atomic E-state index is 0.0500. The molecule has 0 fully saturated rings. The van der Waals surface area contributed by atoms with Crippen LogP contribution < -0.4 is 0 Å². The summed E-state index contributed by atoms with van der Waals surface area (Å²) in [5, 5.41) is 2.27. The average molecular weight is 286 g/mol. The second-order valence-electron chi connectivity index (χ2n) is 6.40. The van der Waals surface area contributed by atoms with Gasteiger partial charge >= 0.3 is 0 Å². The van der Waals surface area contributed by atoms with E-state index in [9.17, 15) is 0 Å². The van der Waals surface area contributed by atoms with Gasteiger partial charge < -0.3 is 8.83 Å². The van der Waals surface area contributed by atoms with Crippen LogP contribution in [0, 0.1) is 18.6 Å². The van der Waals surface area contributed by atoms with E-state index in [0.29, 0.717) is 4.71 Å². The number of fused-ring (bicyclic) bond motifs is 2. The molecule has 0 unspecified atom stereocenters. The van der Waals surface area contributed by atoms with E-state index in [0.717, 1.165) is 33.1 Å². The summed E-state index contributed by atoms with van der Waals surface area (Å²) in [4.78, 5) is 0. The zero-order valence-corrected chi connectivity index (χ0v) is 13.3. The van der Waals surface area contributed by atoms with Gasteiger partial charge in [-0.15, -0.1) is 0 Å². The van der Waals surface area contributed by atoms with Gasteiger partial charge in [0.2, 0.25) is 0 Å². The Hall–Kier alpha value is -1.61. The molecule has 0 saturated heterocycles. The van der Waals surface area contributed by atoms with Crippen molar-refractivity contribution in [2.24, 2.45) is 0 Å². The Kier molecular flexibility index (Phi) is 2.80. The van der Waals surface area contributed by atoms with Gasteiger partial charge in [-0.3, -0.25) is 0 Å². The number of hydrogen-bond donors (Lipinski definition) is 0. The fraction of sp³-hybridized carbons (Fsp3) is 0.353. The summed E-state index contributed by atoms with van der Waals surface area (Å²) < 4.78 is 12.0. The van der Waals surface area contributed by atoms with Crippen molar-refractivity contribution in [2.75, 3.05) is 0 Å². The van der Waals surface area contributed by atoms with E-state index in [1.54, 1.807) is 0 Å². The van der Waals surface area contributed by atoms with Crippen LogP contribution in [0.5, 0.6) is 0 Å². The number of hydrogen-bond acceptors (Lipinski definition) is 3. The van der Waals surface area contributed by atoms with E-state index in [4.69, 9.17) is 21.1 Å². The fourth-order valence-electron chi connectivity index (χ4n) is 2.71. The molecule has 2 nitrogen and oxygen atoms in total. The van der Waals surface area contributed by atoms with Crippen LogP contribution in [0.2, 0.25) is 0 Å². The molecule has 0 amide bonds. The molecule has 0 aliphatic carbocycles. The maximum atomic E-state index is 5.80. The van der Waals surface area contributed by atoms with E-state index in [2.05, 4.69) is 33.8 Å². The largest absolute Gasteiger partial charge is 0.464 e. The smallest absolute Gasteiger partial charge is 0.191 e. The standard InChI is InChI=1S/C17H18O2S/c1-9-6-14(20)19-16-10(2)15-12(7-11(9)16)13(8-18-15)17(3,4)5/h6-8H,1-5H3. The second kappa shape index (κ2) is 4.19. The lowest BCUT2D eigenvalue weighted by Gasteiger charge is -2.17. The SMILES string of the molecule is Cc1cc(=S)oc2c(C)c3occ(C(C)(C)C)c3cc12. The van der Waals surface area contributed by atoms with E-state index in [1.165, 1.54) is 5.56 Å². The number of furan rings is 1. The Balaban J connectivity index is 2.53. The molecule has 3 aromatic rings. The van der Waals surface area contributed by atoms with Crippen LogP contribution in [-0.4, -0.2) is 0 Å². The monoisotopic (exact) mass is 286 g/mol. The Labute approximate surface area is 123 Å². The normalized spacial score (nSPS) is 12.4. The van der Waals surface area contributed by atoms with Crippen molar-refractivity contribution in [1.29, 1.82) is 0 Å². The van der Waals surface area contributed by atoms with Crippen molar-refractivity contribution in [3.63, 3.8) is 0 Å². The third-order valence-electron chi connectivity index (χ3n) is 3.81. The van der Waals surface area contributed by atoms with Crippen molar-refractivity contribution in [3.8, 4) is 0 Å². The number of benzene rings is 1. The lowest BCUT2D eigenvalue weighted by molar-refractivity contribution is 0.555. The molecule has 0 aliphatic heterocycles. The molecule has 104 valence electrons. The summed E-state index contributed by atoms with van der Waals surface area (Å²) >= 11 is 5.18. The van der Waals surface area contributed by atoms with Crippen LogP contribution in [0.15, 0.2) is 27.2 Å². The fourth-order valence-corrected chi connectivity index (χ4v) is 2.97. The Morgan fingerprint density at radius 3 is 2.35 bits per heavy atom. The number of rotatable bonds is 0. The molecule has 3 heteroatoms. The Bertz CT molecular complexity index is 876. The van der Waals surface area contributed by atoms with Gasteiger partial charge in [-0.05, 0) is 49.2 Å². The Morgan fingerprint density at radius 2 is 1.70 bits per heavy atom. The van der Waals surface area contributed by atoms with Gasteiger partial charge in [-0.25, -0.2) is 0 Å². The molecule has 2 aromatic heterocycles. The highest BCUT2D eigenvalue weighted by Gasteiger charge is 2.22. The first-order valence-corrected chi connectivity index (χ1v) is 7.15. The van der Waals surface area contributed by atoms with Crippen molar-refractivity contribution >= 4 is 34.2 Å². The minimum atomic E-state index is 0.0500. The highest BCUT2D eigenvalue weighted by Crippen LogP contribution is 2.37. The minimum Gasteiger partial charge on any atom is -0.464 e. The van der Waals surface area contributed by atoms with Gasteiger partial charge in [0.25, 0.3) is 0 Å². The van der Waals surface area contributed by atoms with Crippen LogP contribution in [0.3, 0.4) is 0 Å². The van der Waals surface area contributed by atoms with Gasteiger partial charge in [-0.1, -0.05) is 20.8 Å². The molecule has 0 atom stereocenters. The molecule has 0 spiro atoms. The van der Waals surface area contributed by atoms with Crippen LogP contribution in [0.1, 0.15) is 37.5 Å². The molecule has 3 rings (SSSR count). The molecule has 0 saturated carbocycles. The van der Waals surface area contributed by atoms with Crippen molar-refractivity contribution in [2.45, 2.75) is 40.0 Å². The molecular weight excluding hydrogens is 268 g/mol. The Morgan fingerprint density at radius 1 is 1.00 bits per heavy atom. The maximum absolute atomic E-state index is 5.80. The third kappa shape index (κ3) is 1.88. The highest BCUT2D eigenvalue weighted by molar-refractivity contribution is 7.71. The number of aryl methyl sites for hydroxylation is 2. The topological polar surface area (TPSA) is 26.3 Å². The molecule has 2 heterocycles. The van der Waals surface area contributed by atoms with Crippen molar-refractivity contribution < 1.29 is 8.83 Å². The van der Waals surface area contributed by atoms with Gasteiger partial charge in [0.15, 0.2) is 4.71 Å². The molecular formula is C17H18O2S. The molecule has 20 heavy (non-hydrogen) atoms. The third-order valence-corrected chi connectivity index (χ3v) is 4.01. The molecule has 0 radical (unpaired) electrons. The van der Waals surface area contributed by atoms with E-state index in [1.807, 2.05) is 19.3 Å². The molecule has 1 aromatic carbocycles. The highest BCUT2D eigenvalue weighted by atomic mass is 32.1. The zero-order chi connectivity index (χ0) is 14.7. The van der Waals surface area contributed by atoms with Gasteiger partial charge in [0.1, 0.15) is 11.2 Å². The van der Waals surface area contributed by atoms with E-state index < -0.39 is 0 Å². The lowest BCUT2D eigenvalue weighted by atomic mass is 9.86. The summed E-state index contributed by atoms with van der Waals surface area (Å²) in [6.07, 6.45) is 1.86. The zero-order valence-electron chi connectivity index (χ0n) is 12.5. The van der Waals surface area contributed by atoms with Gasteiger partial charge in [0, 0.05) is 21.9 Å². The van der Waals surface area contributed by atoms with Crippen LogP contribution >= 0.6 is 12.2 Å². The molecule has 0 N–H and O–H groups in total. The summed E-state index contributed by atoms with van der Waals surface area (Å²) in [5.41, 5.74) is 5.15. The van der Waals surface area contributed by atoms with Gasteiger partial charge in [0.05, 0.1) is 6.26 Å². The molecule has 0 aliphatic rings. The van der Waals surface area contributed by atoms with Gasteiger partial charge in [-0.2, -0.15) is 0 Å². The maximum Gasteiger partial charge on any atom is 0.191 e.